The van der Waals surface area contributed by atoms with Crippen LogP contribution in [0.1, 0.15) is 18.4 Å². The summed E-state index contributed by atoms with van der Waals surface area (Å²) < 4.78 is 10.4. The van der Waals surface area contributed by atoms with Gasteiger partial charge in [-0.05, 0) is 31.2 Å². The average molecular weight is 368 g/mol. The molecule has 3 aromatic rings. The zero-order valence-electron chi connectivity index (χ0n) is 14.5. The van der Waals surface area contributed by atoms with Crippen molar-refractivity contribution in [1.82, 2.24) is 15.0 Å². The summed E-state index contributed by atoms with van der Waals surface area (Å²) in [6, 6.07) is 11.5. The van der Waals surface area contributed by atoms with E-state index in [2.05, 4.69) is 9.88 Å². The fourth-order valence-corrected chi connectivity index (χ4v) is 3.17. The molecule has 0 spiro atoms. The molecule has 0 aromatic carbocycles. The number of hydrogen-bond donors (Lipinski definition) is 1. The molecule has 0 N–H and O–H groups in total. The number of anilines is 1. The molecule has 4 rings (SSSR count). The van der Waals surface area contributed by atoms with E-state index in [4.69, 9.17) is 31.8 Å². The molecular weight excluding hydrogens is 348 g/mol. The predicted octanol–water partition coefficient (Wildman–Crippen LogP) is 3.16. The molecule has 1 unspecified atom stereocenters. The van der Waals surface area contributed by atoms with E-state index < -0.39 is 4.75 Å². The number of furan rings is 1. The Kier molecular flexibility index (Phi) is 4.65. The van der Waals surface area contributed by atoms with Crippen LogP contribution >= 0.6 is 12.6 Å². The van der Waals surface area contributed by atoms with Crippen molar-refractivity contribution in [3.05, 3.63) is 60.3 Å². The molecule has 134 valence electrons. The molecule has 7 heteroatoms. The quantitative estimate of drug-likeness (QED) is 0.714. The molecule has 0 aliphatic carbocycles. The normalized spacial score (nSPS) is 17.1. The highest BCUT2D eigenvalue weighted by Gasteiger charge is 2.31. The van der Waals surface area contributed by atoms with Gasteiger partial charge in [-0.3, -0.25) is 4.98 Å². The standard InChI is InChI=1S/C19H20N4O2S/c1-19(26,16-6-4-10-25-16)15-13-17(23-8-11-24-12-9-23)22-18(21-15)14-5-2-3-7-20-14/h2-7,10,13,26H,8-9,11-12H2,1H3. The van der Waals surface area contributed by atoms with Crippen molar-refractivity contribution in [1.29, 1.82) is 0 Å². The largest absolute Gasteiger partial charge is 0.467 e. The third-order valence-electron chi connectivity index (χ3n) is 4.44. The molecule has 0 bridgehead atoms. The number of morpholine rings is 1. The van der Waals surface area contributed by atoms with Crippen LogP contribution in [0.2, 0.25) is 0 Å². The van der Waals surface area contributed by atoms with Gasteiger partial charge < -0.3 is 14.1 Å². The maximum absolute atomic E-state index is 5.60. The highest BCUT2D eigenvalue weighted by molar-refractivity contribution is 7.81. The van der Waals surface area contributed by atoms with E-state index in [1.807, 2.05) is 43.3 Å². The summed E-state index contributed by atoms with van der Waals surface area (Å²) in [6.07, 6.45) is 3.39. The van der Waals surface area contributed by atoms with Crippen LogP contribution in [0.5, 0.6) is 0 Å². The van der Waals surface area contributed by atoms with E-state index >= 15 is 0 Å². The van der Waals surface area contributed by atoms with Gasteiger partial charge in [0.05, 0.1) is 25.2 Å². The molecule has 1 aliphatic rings. The van der Waals surface area contributed by atoms with Crippen LogP contribution in [0.25, 0.3) is 11.5 Å². The van der Waals surface area contributed by atoms with E-state index in [1.54, 1.807) is 12.5 Å². The molecule has 1 aliphatic heterocycles. The summed E-state index contributed by atoms with van der Waals surface area (Å²) in [5, 5.41) is 0. The minimum atomic E-state index is -0.684. The second-order valence-corrected chi connectivity index (χ2v) is 7.19. The first-order valence-electron chi connectivity index (χ1n) is 8.54. The Morgan fingerprint density at radius 1 is 1.12 bits per heavy atom. The highest BCUT2D eigenvalue weighted by atomic mass is 32.1. The second-order valence-electron chi connectivity index (χ2n) is 6.30. The Bertz CT molecular complexity index is 863. The molecule has 0 amide bonds. The second kappa shape index (κ2) is 7.09. The van der Waals surface area contributed by atoms with Crippen LogP contribution in [0.3, 0.4) is 0 Å². The number of hydrogen-bond acceptors (Lipinski definition) is 7. The molecule has 3 aromatic heterocycles. The SMILES string of the molecule is CC(S)(c1cc(N2CCOCC2)nc(-c2ccccn2)n1)c1ccco1. The summed E-state index contributed by atoms with van der Waals surface area (Å²) >= 11 is 4.86. The molecule has 6 nitrogen and oxygen atoms in total. The van der Waals surface area contributed by atoms with Crippen molar-refractivity contribution in [3.8, 4) is 11.5 Å². The third kappa shape index (κ3) is 3.32. The highest BCUT2D eigenvalue weighted by Crippen LogP contribution is 2.37. The van der Waals surface area contributed by atoms with Gasteiger partial charge in [-0.1, -0.05) is 6.07 Å². The van der Waals surface area contributed by atoms with Gasteiger partial charge in [0.25, 0.3) is 0 Å². The summed E-state index contributed by atoms with van der Waals surface area (Å²) in [6.45, 7) is 4.94. The number of aromatic nitrogens is 3. The Hall–Kier alpha value is -2.38. The topological polar surface area (TPSA) is 64.3 Å². The van der Waals surface area contributed by atoms with Crippen LogP contribution < -0.4 is 4.90 Å². The number of rotatable bonds is 4. The van der Waals surface area contributed by atoms with Gasteiger partial charge in [0.15, 0.2) is 5.82 Å². The maximum atomic E-state index is 5.60. The summed E-state index contributed by atoms with van der Waals surface area (Å²) in [7, 11) is 0. The van der Waals surface area contributed by atoms with Gasteiger partial charge in [0.1, 0.15) is 22.0 Å². The molecule has 0 saturated carbocycles. The van der Waals surface area contributed by atoms with Gasteiger partial charge in [0, 0.05) is 25.4 Å². The van der Waals surface area contributed by atoms with Crippen molar-refractivity contribution in [2.75, 3.05) is 31.2 Å². The molecule has 0 radical (unpaired) electrons. The van der Waals surface area contributed by atoms with Crippen LogP contribution in [0.15, 0.2) is 53.3 Å². The first-order valence-corrected chi connectivity index (χ1v) is 8.99. The van der Waals surface area contributed by atoms with Crippen LogP contribution in [-0.2, 0) is 9.48 Å². The van der Waals surface area contributed by atoms with Crippen molar-refractivity contribution in [2.45, 2.75) is 11.7 Å². The van der Waals surface area contributed by atoms with Gasteiger partial charge in [-0.25, -0.2) is 9.97 Å². The van der Waals surface area contributed by atoms with Crippen molar-refractivity contribution >= 4 is 18.4 Å². The number of ether oxygens (including phenoxy) is 1. The molecule has 26 heavy (non-hydrogen) atoms. The Morgan fingerprint density at radius 3 is 2.65 bits per heavy atom. The van der Waals surface area contributed by atoms with E-state index in [1.165, 1.54) is 0 Å². The summed E-state index contributed by atoms with van der Waals surface area (Å²) in [5.41, 5.74) is 1.50. The number of pyridine rings is 1. The van der Waals surface area contributed by atoms with Crippen molar-refractivity contribution < 1.29 is 9.15 Å². The van der Waals surface area contributed by atoms with Gasteiger partial charge in [-0.15, -0.1) is 0 Å². The van der Waals surface area contributed by atoms with E-state index in [0.717, 1.165) is 36.1 Å². The van der Waals surface area contributed by atoms with Crippen molar-refractivity contribution in [2.24, 2.45) is 0 Å². The predicted molar refractivity (Wildman–Crippen MR) is 102 cm³/mol. The molecular formula is C19H20N4O2S. The summed E-state index contributed by atoms with van der Waals surface area (Å²) in [4.78, 5) is 16.1. The lowest BCUT2D eigenvalue weighted by atomic mass is 10.0. The van der Waals surface area contributed by atoms with E-state index in [-0.39, 0.29) is 0 Å². The molecule has 1 atom stereocenters. The lowest BCUT2D eigenvalue weighted by molar-refractivity contribution is 0.122. The molecule has 1 fully saturated rings. The average Bonchev–Trinajstić information content (AvgIpc) is 3.25. The molecule has 4 heterocycles. The van der Waals surface area contributed by atoms with Gasteiger partial charge >= 0.3 is 0 Å². The lowest BCUT2D eigenvalue weighted by Gasteiger charge is -2.29. The lowest BCUT2D eigenvalue weighted by Crippen LogP contribution is -2.37. The maximum Gasteiger partial charge on any atom is 0.180 e. The van der Waals surface area contributed by atoms with Gasteiger partial charge in [-0.2, -0.15) is 12.6 Å². The van der Waals surface area contributed by atoms with Crippen LogP contribution in [0.4, 0.5) is 5.82 Å². The fraction of sp³-hybridized carbons (Fsp3) is 0.316. The monoisotopic (exact) mass is 368 g/mol. The summed E-state index contributed by atoms with van der Waals surface area (Å²) in [5.74, 6) is 2.17. The fourth-order valence-electron chi connectivity index (χ4n) is 2.93. The first kappa shape index (κ1) is 17.1. The van der Waals surface area contributed by atoms with Crippen LogP contribution in [0, 0.1) is 0 Å². The molecule has 1 saturated heterocycles. The first-order chi connectivity index (χ1) is 12.6. The van der Waals surface area contributed by atoms with Gasteiger partial charge in [0.2, 0.25) is 0 Å². The van der Waals surface area contributed by atoms with Crippen LogP contribution in [-0.4, -0.2) is 41.3 Å². The minimum absolute atomic E-state index is 0.580. The third-order valence-corrected chi connectivity index (χ3v) is 4.89. The zero-order valence-corrected chi connectivity index (χ0v) is 15.4. The smallest absolute Gasteiger partial charge is 0.180 e. The van der Waals surface area contributed by atoms with Crippen molar-refractivity contribution in [3.63, 3.8) is 0 Å². The Balaban J connectivity index is 1.82. The number of thiol groups is 1. The zero-order chi connectivity index (χ0) is 18.0. The minimum Gasteiger partial charge on any atom is -0.467 e. The van der Waals surface area contributed by atoms with E-state index in [9.17, 15) is 0 Å². The Morgan fingerprint density at radius 2 is 1.96 bits per heavy atom. The van der Waals surface area contributed by atoms with E-state index in [0.29, 0.717) is 19.0 Å². The number of nitrogens with zero attached hydrogens (tertiary/aromatic N) is 4. The Labute approximate surface area is 157 Å².